The van der Waals surface area contributed by atoms with Crippen molar-refractivity contribution in [2.45, 2.75) is 0 Å². The fourth-order valence-electron chi connectivity index (χ4n) is 3.04. The molecule has 0 unspecified atom stereocenters. The van der Waals surface area contributed by atoms with Gasteiger partial charge in [0.1, 0.15) is 5.36 Å². The summed E-state index contributed by atoms with van der Waals surface area (Å²) in [7, 11) is 0. The number of hydrogen-bond acceptors (Lipinski definition) is 10. The van der Waals surface area contributed by atoms with Crippen molar-refractivity contribution in [1.29, 1.82) is 0 Å². The van der Waals surface area contributed by atoms with Crippen LogP contribution in [0.25, 0.3) is 11.1 Å². The molecule has 0 saturated carbocycles. The molecule has 10 heteroatoms. The predicted octanol–water partition coefficient (Wildman–Crippen LogP) is 1.79. The van der Waals surface area contributed by atoms with Gasteiger partial charge in [-0.2, -0.15) is 5.10 Å². The number of benzene rings is 4. The number of phenolic OH excluding ortho intramolecular Hbond substituents is 3. The van der Waals surface area contributed by atoms with Gasteiger partial charge in [0, 0.05) is 0 Å². The van der Waals surface area contributed by atoms with Crippen LogP contribution < -0.4 is 37.9 Å². The molecule has 0 aliphatic heterocycles. The first-order valence-electron chi connectivity index (χ1n) is 9.94. The normalized spacial score (nSPS) is 11.2. The molecule has 0 aliphatic rings. The number of nitrogens with zero attached hydrogens (tertiary/aromatic N) is 1. The van der Waals surface area contributed by atoms with Crippen molar-refractivity contribution >= 4 is 17.1 Å². The van der Waals surface area contributed by atoms with E-state index < -0.39 is 33.5 Å². The van der Waals surface area contributed by atoms with E-state index in [1.165, 1.54) is 18.2 Å². The van der Waals surface area contributed by atoms with E-state index in [-0.39, 0.29) is 11.0 Å². The number of aromatic hydroxyl groups is 3. The summed E-state index contributed by atoms with van der Waals surface area (Å²) in [6.45, 7) is 0. The standard InChI is InChI=1S/C24H18N4O6/c29-19-11-9-17(21(31)23(19)33)27-25-15-5-1-13(2-6-15)14-3-7-16(8-4-14)26-28-18-10-12-20(30)24(34)22(18)32/h1-12,25-27,29,31,33H/b28-18+. The van der Waals surface area contributed by atoms with Crippen molar-refractivity contribution in [2.24, 2.45) is 5.10 Å². The second-order valence-electron chi connectivity index (χ2n) is 7.20. The molecular weight excluding hydrogens is 440 g/mol. The average Bonchev–Trinajstić information content (AvgIpc) is 2.86. The summed E-state index contributed by atoms with van der Waals surface area (Å²) in [5.41, 5.74) is 8.71. The van der Waals surface area contributed by atoms with Crippen molar-refractivity contribution in [3.8, 4) is 28.4 Å². The topological polar surface area (TPSA) is 160 Å². The van der Waals surface area contributed by atoms with Gasteiger partial charge in [-0.05, 0) is 59.7 Å². The predicted molar refractivity (Wildman–Crippen MR) is 127 cm³/mol. The molecule has 0 radical (unpaired) electrons. The van der Waals surface area contributed by atoms with Gasteiger partial charge in [-0.15, -0.1) is 0 Å². The van der Waals surface area contributed by atoms with Crippen LogP contribution in [0.1, 0.15) is 0 Å². The van der Waals surface area contributed by atoms with E-state index in [0.717, 1.165) is 17.2 Å². The summed E-state index contributed by atoms with van der Waals surface area (Å²) in [6, 6.07) is 19.4. The maximum atomic E-state index is 11.8. The molecule has 0 amide bonds. The Bertz CT molecular complexity index is 1560. The van der Waals surface area contributed by atoms with E-state index in [2.05, 4.69) is 21.4 Å². The van der Waals surface area contributed by atoms with Gasteiger partial charge in [-0.25, -0.2) is 0 Å². The molecule has 0 saturated heterocycles. The van der Waals surface area contributed by atoms with Gasteiger partial charge < -0.3 is 20.7 Å². The molecular formula is C24H18N4O6. The first kappa shape index (κ1) is 22.1. The van der Waals surface area contributed by atoms with Crippen molar-refractivity contribution in [3.63, 3.8) is 0 Å². The molecule has 4 aromatic rings. The van der Waals surface area contributed by atoms with E-state index in [0.29, 0.717) is 11.4 Å². The third-order valence-electron chi connectivity index (χ3n) is 4.94. The Kier molecular flexibility index (Phi) is 5.95. The number of nitrogens with one attached hydrogen (secondary N) is 3. The van der Waals surface area contributed by atoms with E-state index in [9.17, 15) is 29.7 Å². The summed E-state index contributed by atoms with van der Waals surface area (Å²) < 4.78 is 0. The van der Waals surface area contributed by atoms with Crippen LogP contribution in [0.3, 0.4) is 0 Å². The van der Waals surface area contributed by atoms with Crippen LogP contribution in [0.5, 0.6) is 17.2 Å². The first-order chi connectivity index (χ1) is 16.3. The molecule has 6 N–H and O–H groups in total. The fraction of sp³-hybridized carbons (Fsp3) is 0. The third kappa shape index (κ3) is 4.55. The lowest BCUT2D eigenvalue weighted by atomic mass is 10.1. The molecule has 4 rings (SSSR count). The fourth-order valence-corrected chi connectivity index (χ4v) is 3.04. The second kappa shape index (κ2) is 9.17. The highest BCUT2D eigenvalue weighted by Gasteiger charge is 2.10. The number of hydrogen-bond donors (Lipinski definition) is 6. The zero-order chi connectivity index (χ0) is 24.2. The molecule has 0 atom stereocenters. The number of anilines is 3. The molecule has 0 fully saturated rings. The van der Waals surface area contributed by atoms with Gasteiger partial charge in [0.2, 0.25) is 11.2 Å². The van der Waals surface area contributed by atoms with Crippen LogP contribution in [-0.2, 0) is 0 Å². The number of hydrazine groups is 1. The lowest BCUT2D eigenvalue weighted by Crippen LogP contribution is -2.46. The lowest BCUT2D eigenvalue weighted by Gasteiger charge is -2.13. The Hall–Kier alpha value is -5.12. The zero-order valence-corrected chi connectivity index (χ0v) is 17.4. The van der Waals surface area contributed by atoms with Crippen LogP contribution in [0.15, 0.2) is 92.3 Å². The van der Waals surface area contributed by atoms with Gasteiger partial charge in [-0.3, -0.25) is 25.2 Å². The van der Waals surface area contributed by atoms with Crippen molar-refractivity contribution in [2.75, 3.05) is 16.3 Å². The molecule has 0 aromatic heterocycles. The molecule has 170 valence electrons. The lowest BCUT2D eigenvalue weighted by molar-refractivity contribution is 0.369. The van der Waals surface area contributed by atoms with E-state index in [4.69, 9.17) is 0 Å². The van der Waals surface area contributed by atoms with Crippen molar-refractivity contribution in [3.05, 3.63) is 109 Å². The highest BCUT2D eigenvalue weighted by Crippen LogP contribution is 2.40. The third-order valence-corrected chi connectivity index (χ3v) is 4.94. The largest absolute Gasteiger partial charge is 0.504 e. The summed E-state index contributed by atoms with van der Waals surface area (Å²) in [5, 5.41) is 32.5. The summed E-state index contributed by atoms with van der Waals surface area (Å²) in [4.78, 5) is 34.4. The second-order valence-corrected chi connectivity index (χ2v) is 7.20. The van der Waals surface area contributed by atoms with Crippen LogP contribution in [0, 0.1) is 0 Å². The molecule has 0 bridgehead atoms. The van der Waals surface area contributed by atoms with Gasteiger partial charge in [0.25, 0.3) is 10.9 Å². The Morgan fingerprint density at radius 3 is 1.85 bits per heavy atom. The van der Waals surface area contributed by atoms with E-state index >= 15 is 0 Å². The Morgan fingerprint density at radius 2 is 1.21 bits per heavy atom. The number of rotatable bonds is 6. The Balaban J connectivity index is 1.42. The van der Waals surface area contributed by atoms with Crippen molar-refractivity contribution in [1.82, 2.24) is 0 Å². The Morgan fingerprint density at radius 1 is 0.588 bits per heavy atom. The number of phenols is 3. The summed E-state index contributed by atoms with van der Waals surface area (Å²) >= 11 is 0. The quantitative estimate of drug-likeness (QED) is 0.110. The molecule has 0 spiro atoms. The molecule has 10 nitrogen and oxygen atoms in total. The van der Waals surface area contributed by atoms with Crippen LogP contribution in [-0.4, -0.2) is 15.3 Å². The highest BCUT2D eigenvalue weighted by atomic mass is 16.3. The van der Waals surface area contributed by atoms with Gasteiger partial charge in [0.15, 0.2) is 11.5 Å². The van der Waals surface area contributed by atoms with Gasteiger partial charge in [0.05, 0.1) is 17.1 Å². The SMILES string of the molecule is O=c1cc/c(=N\Nc2ccc(-c3ccc(NNc4ccc(O)c(O)c4O)cc3)cc2)c(=O)c1=O. The zero-order valence-electron chi connectivity index (χ0n) is 17.4. The monoisotopic (exact) mass is 458 g/mol. The van der Waals surface area contributed by atoms with Crippen molar-refractivity contribution < 1.29 is 15.3 Å². The smallest absolute Gasteiger partial charge is 0.275 e. The summed E-state index contributed by atoms with van der Waals surface area (Å²) in [6.07, 6.45) is 0. The van der Waals surface area contributed by atoms with Gasteiger partial charge >= 0.3 is 0 Å². The maximum absolute atomic E-state index is 11.8. The molecule has 34 heavy (non-hydrogen) atoms. The average molecular weight is 458 g/mol. The molecule has 0 heterocycles. The first-order valence-corrected chi connectivity index (χ1v) is 9.94. The molecule has 0 aliphatic carbocycles. The minimum Gasteiger partial charge on any atom is -0.504 e. The van der Waals surface area contributed by atoms with Gasteiger partial charge in [-0.1, -0.05) is 24.3 Å². The summed E-state index contributed by atoms with van der Waals surface area (Å²) in [5.74, 6) is -1.52. The van der Waals surface area contributed by atoms with Crippen LogP contribution in [0.4, 0.5) is 17.1 Å². The minimum absolute atomic E-state index is 0.138. The maximum Gasteiger partial charge on any atom is 0.275 e. The Labute approximate surface area is 191 Å². The molecule has 4 aromatic carbocycles. The van der Waals surface area contributed by atoms with Crippen LogP contribution >= 0.6 is 0 Å². The highest BCUT2D eigenvalue weighted by molar-refractivity contribution is 5.70. The van der Waals surface area contributed by atoms with E-state index in [1.54, 1.807) is 24.3 Å². The minimum atomic E-state index is -1.11. The van der Waals surface area contributed by atoms with E-state index in [1.807, 2.05) is 24.3 Å². The van der Waals surface area contributed by atoms with Crippen LogP contribution in [0.2, 0.25) is 0 Å².